The zero-order chi connectivity index (χ0) is 16.7. The summed E-state index contributed by atoms with van der Waals surface area (Å²) in [5.41, 5.74) is 8.74. The van der Waals surface area contributed by atoms with Gasteiger partial charge in [0.1, 0.15) is 0 Å². The fourth-order valence-corrected chi connectivity index (χ4v) is 3.27. The Morgan fingerprint density at radius 3 is 2.74 bits per heavy atom. The number of aliphatic imine (C=N–C) groups is 1. The molecule has 1 aliphatic rings. The molecule has 1 saturated heterocycles. The van der Waals surface area contributed by atoms with E-state index in [2.05, 4.69) is 41.5 Å². The highest BCUT2D eigenvalue weighted by Crippen LogP contribution is 2.36. The summed E-state index contributed by atoms with van der Waals surface area (Å²) in [6.45, 7) is 7.03. The van der Waals surface area contributed by atoms with Crippen LogP contribution < -0.4 is 11.1 Å². The van der Waals surface area contributed by atoms with E-state index in [1.54, 1.807) is 7.11 Å². The van der Waals surface area contributed by atoms with Gasteiger partial charge in [0, 0.05) is 31.8 Å². The number of rotatable bonds is 6. The van der Waals surface area contributed by atoms with Gasteiger partial charge in [-0.3, -0.25) is 4.99 Å². The maximum atomic E-state index is 6.05. The molecule has 0 radical (unpaired) electrons. The van der Waals surface area contributed by atoms with Crippen LogP contribution in [-0.2, 0) is 14.9 Å². The summed E-state index contributed by atoms with van der Waals surface area (Å²) in [4.78, 5) is 4.63. The van der Waals surface area contributed by atoms with Gasteiger partial charge in [-0.05, 0) is 37.8 Å². The molecular weight excluding hydrogens is 290 g/mol. The molecule has 0 bridgehead atoms. The molecule has 1 unspecified atom stereocenters. The minimum absolute atomic E-state index is 0.0143. The van der Waals surface area contributed by atoms with Gasteiger partial charge in [-0.15, -0.1) is 0 Å². The molecule has 1 aliphatic heterocycles. The van der Waals surface area contributed by atoms with E-state index in [-0.39, 0.29) is 11.5 Å². The highest BCUT2D eigenvalue weighted by Gasteiger charge is 2.35. The quantitative estimate of drug-likeness (QED) is 0.621. The number of aryl methyl sites for hydroxylation is 1. The van der Waals surface area contributed by atoms with E-state index in [1.165, 1.54) is 11.1 Å². The average Bonchev–Trinajstić information content (AvgIpc) is 2.54. The number of methoxy groups -OCH3 is 1. The number of nitrogens with zero attached hydrogens (tertiary/aromatic N) is 1. The zero-order valence-corrected chi connectivity index (χ0v) is 14.5. The number of nitrogens with two attached hydrogens (primary N) is 1. The SMILES string of the molecule is COCC(C)NC(N)=NCC1(c2ccccc2C)CCOCC1. The van der Waals surface area contributed by atoms with Gasteiger partial charge in [-0.25, -0.2) is 0 Å². The van der Waals surface area contributed by atoms with Crippen molar-refractivity contribution in [2.75, 3.05) is 33.5 Å². The van der Waals surface area contributed by atoms with Crippen molar-refractivity contribution in [1.29, 1.82) is 0 Å². The second kappa shape index (κ2) is 8.31. The molecule has 0 aromatic heterocycles. The summed E-state index contributed by atoms with van der Waals surface area (Å²) >= 11 is 0. The van der Waals surface area contributed by atoms with Crippen LogP contribution in [0.25, 0.3) is 0 Å². The van der Waals surface area contributed by atoms with Crippen molar-refractivity contribution in [3.05, 3.63) is 35.4 Å². The molecular formula is C18H29N3O2. The summed E-state index contributed by atoms with van der Waals surface area (Å²) < 4.78 is 10.7. The van der Waals surface area contributed by atoms with Crippen LogP contribution >= 0.6 is 0 Å². The molecule has 1 heterocycles. The van der Waals surface area contributed by atoms with Crippen LogP contribution in [0, 0.1) is 6.92 Å². The van der Waals surface area contributed by atoms with Crippen molar-refractivity contribution in [2.24, 2.45) is 10.7 Å². The second-order valence-corrected chi connectivity index (χ2v) is 6.41. The van der Waals surface area contributed by atoms with Crippen molar-refractivity contribution in [2.45, 2.75) is 38.1 Å². The maximum Gasteiger partial charge on any atom is 0.188 e. The Morgan fingerprint density at radius 2 is 2.09 bits per heavy atom. The first-order valence-corrected chi connectivity index (χ1v) is 8.27. The number of hydrogen-bond donors (Lipinski definition) is 2. The third-order valence-electron chi connectivity index (χ3n) is 4.53. The summed E-state index contributed by atoms with van der Waals surface area (Å²) in [6, 6.07) is 8.71. The highest BCUT2D eigenvalue weighted by atomic mass is 16.5. The van der Waals surface area contributed by atoms with E-state index in [1.807, 2.05) is 6.92 Å². The summed E-state index contributed by atoms with van der Waals surface area (Å²) in [5.74, 6) is 0.481. The van der Waals surface area contributed by atoms with Gasteiger partial charge in [0.25, 0.3) is 0 Å². The van der Waals surface area contributed by atoms with Gasteiger partial charge >= 0.3 is 0 Å². The molecule has 23 heavy (non-hydrogen) atoms. The molecule has 1 aromatic rings. The predicted octanol–water partition coefficient (Wildman–Crippen LogP) is 1.98. The zero-order valence-electron chi connectivity index (χ0n) is 14.5. The van der Waals surface area contributed by atoms with E-state index in [4.69, 9.17) is 15.2 Å². The first-order valence-electron chi connectivity index (χ1n) is 8.27. The Hall–Kier alpha value is -1.59. The Labute approximate surface area is 139 Å². The second-order valence-electron chi connectivity index (χ2n) is 6.41. The number of nitrogens with one attached hydrogen (secondary N) is 1. The number of hydrogen-bond acceptors (Lipinski definition) is 3. The monoisotopic (exact) mass is 319 g/mol. The van der Waals surface area contributed by atoms with Gasteiger partial charge in [0.2, 0.25) is 0 Å². The Bertz CT molecular complexity index is 525. The molecule has 5 nitrogen and oxygen atoms in total. The molecule has 128 valence electrons. The third kappa shape index (κ3) is 4.69. The van der Waals surface area contributed by atoms with E-state index in [0.717, 1.165) is 26.1 Å². The maximum absolute atomic E-state index is 6.05. The first kappa shape index (κ1) is 17.8. The van der Waals surface area contributed by atoms with E-state index >= 15 is 0 Å². The lowest BCUT2D eigenvalue weighted by Crippen LogP contribution is -2.43. The fourth-order valence-electron chi connectivity index (χ4n) is 3.27. The van der Waals surface area contributed by atoms with Crippen molar-refractivity contribution >= 4 is 5.96 Å². The van der Waals surface area contributed by atoms with E-state index < -0.39 is 0 Å². The number of benzene rings is 1. The normalized spacial score (nSPS) is 19.3. The van der Waals surface area contributed by atoms with Gasteiger partial charge in [-0.2, -0.15) is 0 Å². The summed E-state index contributed by atoms with van der Waals surface area (Å²) in [5, 5.41) is 3.18. The van der Waals surface area contributed by atoms with Crippen molar-refractivity contribution < 1.29 is 9.47 Å². The topological polar surface area (TPSA) is 68.9 Å². The fraction of sp³-hybridized carbons (Fsp3) is 0.611. The van der Waals surface area contributed by atoms with E-state index in [0.29, 0.717) is 19.1 Å². The molecule has 0 amide bonds. The lowest BCUT2D eigenvalue weighted by atomic mass is 9.72. The molecule has 3 N–H and O–H groups in total. The predicted molar refractivity (Wildman–Crippen MR) is 93.9 cm³/mol. The lowest BCUT2D eigenvalue weighted by molar-refractivity contribution is 0.0529. The Balaban J connectivity index is 2.15. The molecule has 1 aromatic carbocycles. The van der Waals surface area contributed by atoms with Crippen LogP contribution in [0.1, 0.15) is 30.9 Å². The van der Waals surface area contributed by atoms with Gasteiger partial charge in [-0.1, -0.05) is 24.3 Å². The van der Waals surface area contributed by atoms with Crippen LogP contribution in [-0.4, -0.2) is 45.5 Å². The minimum Gasteiger partial charge on any atom is -0.383 e. The van der Waals surface area contributed by atoms with Crippen LogP contribution in [0.5, 0.6) is 0 Å². The van der Waals surface area contributed by atoms with Gasteiger partial charge < -0.3 is 20.5 Å². The molecule has 0 spiro atoms. The van der Waals surface area contributed by atoms with Crippen LogP contribution in [0.3, 0.4) is 0 Å². The smallest absolute Gasteiger partial charge is 0.188 e. The first-order chi connectivity index (χ1) is 11.1. The molecule has 2 rings (SSSR count). The number of ether oxygens (including phenoxy) is 2. The molecule has 5 heteroatoms. The lowest BCUT2D eigenvalue weighted by Gasteiger charge is -2.37. The molecule has 0 aliphatic carbocycles. The molecule has 1 fully saturated rings. The Morgan fingerprint density at radius 1 is 1.39 bits per heavy atom. The largest absolute Gasteiger partial charge is 0.383 e. The van der Waals surface area contributed by atoms with Crippen LogP contribution in [0.15, 0.2) is 29.3 Å². The standard InChI is InChI=1S/C18H29N3O2/c1-14-6-4-5-7-16(14)18(8-10-23-11-9-18)13-20-17(19)21-15(2)12-22-3/h4-7,15H,8-13H2,1-3H3,(H3,19,20,21). The van der Waals surface area contributed by atoms with Gasteiger partial charge in [0.05, 0.1) is 13.2 Å². The van der Waals surface area contributed by atoms with E-state index in [9.17, 15) is 0 Å². The van der Waals surface area contributed by atoms with Crippen molar-refractivity contribution in [3.8, 4) is 0 Å². The molecule has 1 atom stereocenters. The highest BCUT2D eigenvalue weighted by molar-refractivity contribution is 5.78. The third-order valence-corrected chi connectivity index (χ3v) is 4.53. The van der Waals surface area contributed by atoms with Crippen LogP contribution in [0.2, 0.25) is 0 Å². The Kier molecular flexibility index (Phi) is 6.42. The minimum atomic E-state index is 0.0143. The summed E-state index contributed by atoms with van der Waals surface area (Å²) in [6.07, 6.45) is 1.95. The van der Waals surface area contributed by atoms with Crippen molar-refractivity contribution in [1.82, 2.24) is 5.32 Å². The van der Waals surface area contributed by atoms with Gasteiger partial charge in [0.15, 0.2) is 5.96 Å². The molecule has 0 saturated carbocycles. The van der Waals surface area contributed by atoms with Crippen LogP contribution in [0.4, 0.5) is 0 Å². The number of guanidine groups is 1. The average molecular weight is 319 g/mol. The van der Waals surface area contributed by atoms with Crippen molar-refractivity contribution in [3.63, 3.8) is 0 Å². The summed E-state index contributed by atoms with van der Waals surface area (Å²) in [7, 11) is 1.68.